The summed E-state index contributed by atoms with van der Waals surface area (Å²) in [6, 6.07) is 13.3. The number of aryl methyl sites for hydroxylation is 1. The first-order valence-electron chi connectivity index (χ1n) is 11.6. The summed E-state index contributed by atoms with van der Waals surface area (Å²) >= 11 is 0. The minimum Gasteiger partial charge on any atom is -0.376 e. The van der Waals surface area contributed by atoms with E-state index in [0.29, 0.717) is 36.1 Å². The van der Waals surface area contributed by atoms with Crippen LogP contribution < -0.4 is 5.32 Å². The Morgan fingerprint density at radius 1 is 1.15 bits per heavy atom. The summed E-state index contributed by atoms with van der Waals surface area (Å²) in [7, 11) is 0. The molecule has 3 heterocycles. The molecule has 1 aromatic heterocycles. The number of carbonyl (C=O) groups excluding carboxylic acids is 1. The number of aromatic nitrogens is 2. The van der Waals surface area contributed by atoms with Crippen molar-refractivity contribution in [2.45, 2.75) is 45.3 Å². The molecule has 5 rings (SSSR count). The smallest absolute Gasteiger partial charge is 0.322 e. The van der Waals surface area contributed by atoms with E-state index in [1.165, 1.54) is 17.7 Å². The molecular weight excluding hydrogens is 435 g/mol. The van der Waals surface area contributed by atoms with Crippen LogP contribution in [0.2, 0.25) is 0 Å². The fourth-order valence-corrected chi connectivity index (χ4v) is 4.52. The molecule has 0 bridgehead atoms. The Labute approximate surface area is 197 Å². The highest BCUT2D eigenvalue weighted by atomic mass is 19.1. The van der Waals surface area contributed by atoms with Gasteiger partial charge < -0.3 is 14.6 Å². The zero-order chi connectivity index (χ0) is 23.7. The van der Waals surface area contributed by atoms with Crippen molar-refractivity contribution in [2.24, 2.45) is 0 Å². The molecule has 7 nitrogen and oxygen atoms in total. The molecule has 0 radical (unpaired) electrons. The Hall–Kier alpha value is -3.52. The fraction of sp³-hybridized carbons (Fsp3) is 0.346. The molecule has 3 aromatic rings. The van der Waals surface area contributed by atoms with Crippen LogP contribution in [0.5, 0.6) is 0 Å². The molecule has 2 amide bonds. The Balaban J connectivity index is 1.55. The zero-order valence-corrected chi connectivity index (χ0v) is 19.3. The quantitative estimate of drug-likeness (QED) is 0.550. The first-order valence-corrected chi connectivity index (χ1v) is 11.6. The predicted molar refractivity (Wildman–Crippen MR) is 125 cm³/mol. The summed E-state index contributed by atoms with van der Waals surface area (Å²) in [5, 5.41) is 7.25. The van der Waals surface area contributed by atoms with Gasteiger partial charge in [-0.3, -0.25) is 4.90 Å². The predicted octanol–water partition coefficient (Wildman–Crippen LogP) is 5.11. The van der Waals surface area contributed by atoms with Crippen molar-refractivity contribution in [3.63, 3.8) is 0 Å². The number of ether oxygens (including phenoxy) is 1. The Bertz CT molecular complexity index is 1200. The highest BCUT2D eigenvalue weighted by Gasteiger charge is 2.37. The van der Waals surface area contributed by atoms with Gasteiger partial charge in [0.25, 0.3) is 5.89 Å². The second-order valence-electron chi connectivity index (χ2n) is 8.65. The largest absolute Gasteiger partial charge is 0.376 e. The highest BCUT2D eigenvalue weighted by Crippen LogP contribution is 2.37. The van der Waals surface area contributed by atoms with E-state index in [2.05, 4.69) is 22.4 Å². The number of nitrogens with zero attached hydrogens (tertiary/aromatic N) is 3. The van der Waals surface area contributed by atoms with Crippen LogP contribution >= 0.6 is 0 Å². The minimum atomic E-state index is -0.551. The molecule has 2 atom stereocenters. The van der Waals surface area contributed by atoms with Gasteiger partial charge >= 0.3 is 6.03 Å². The van der Waals surface area contributed by atoms with Crippen LogP contribution in [0.3, 0.4) is 0 Å². The van der Waals surface area contributed by atoms with Crippen molar-refractivity contribution >= 4 is 11.6 Å². The first kappa shape index (κ1) is 22.3. The summed E-state index contributed by atoms with van der Waals surface area (Å²) in [6.07, 6.45) is 2.83. The van der Waals surface area contributed by atoms with Gasteiger partial charge in [-0.25, -0.2) is 9.18 Å². The maximum atomic E-state index is 13.6. The van der Waals surface area contributed by atoms with E-state index in [1.54, 1.807) is 17.0 Å². The maximum absolute atomic E-state index is 13.6. The monoisotopic (exact) mass is 462 g/mol. The lowest BCUT2D eigenvalue weighted by atomic mass is 9.94. The molecule has 2 unspecified atom stereocenters. The standard InChI is InChI=1S/C26H27FN4O3/c1-3-17-6-8-19(9-7-17)24-29-25(34-30-24)22-16(2)31(15-21-5-4-14-33-21)26(32)28-23(22)18-10-12-20(27)13-11-18/h6-13,21,23H,3-5,14-15H2,1-2H3,(H,28,32). The van der Waals surface area contributed by atoms with E-state index < -0.39 is 6.04 Å². The number of halogens is 1. The molecule has 2 aromatic carbocycles. The number of hydrogen-bond acceptors (Lipinski definition) is 5. The molecule has 2 aliphatic rings. The fourth-order valence-electron chi connectivity index (χ4n) is 4.52. The Morgan fingerprint density at radius 3 is 2.59 bits per heavy atom. The molecule has 2 aliphatic heterocycles. The maximum Gasteiger partial charge on any atom is 0.322 e. The van der Waals surface area contributed by atoms with Gasteiger partial charge in [-0.2, -0.15) is 4.98 Å². The molecule has 1 saturated heterocycles. The molecule has 1 fully saturated rings. The topological polar surface area (TPSA) is 80.5 Å². The molecule has 34 heavy (non-hydrogen) atoms. The summed E-state index contributed by atoms with van der Waals surface area (Å²) in [5.74, 6) is 0.445. The van der Waals surface area contributed by atoms with Crippen molar-refractivity contribution in [1.82, 2.24) is 20.4 Å². The van der Waals surface area contributed by atoms with Crippen LogP contribution in [0.15, 0.2) is 58.8 Å². The number of urea groups is 1. The van der Waals surface area contributed by atoms with Gasteiger partial charge in [0.2, 0.25) is 5.82 Å². The third-order valence-electron chi connectivity index (χ3n) is 6.49. The number of benzene rings is 2. The van der Waals surface area contributed by atoms with Crippen LogP contribution in [-0.2, 0) is 11.2 Å². The number of rotatable bonds is 6. The molecule has 8 heteroatoms. The molecule has 176 valence electrons. The second kappa shape index (κ2) is 9.38. The molecule has 0 aliphatic carbocycles. The van der Waals surface area contributed by atoms with Crippen LogP contribution in [0.25, 0.3) is 17.0 Å². The van der Waals surface area contributed by atoms with Gasteiger partial charge in [0.15, 0.2) is 0 Å². The zero-order valence-electron chi connectivity index (χ0n) is 19.3. The average molecular weight is 463 g/mol. The lowest BCUT2D eigenvalue weighted by Crippen LogP contribution is -2.48. The Kier molecular flexibility index (Phi) is 6.15. The van der Waals surface area contributed by atoms with Gasteiger partial charge in [-0.1, -0.05) is 48.5 Å². The lowest BCUT2D eigenvalue weighted by Gasteiger charge is -2.36. The number of carbonyl (C=O) groups is 1. The third kappa shape index (κ3) is 4.33. The van der Waals surface area contributed by atoms with Crippen LogP contribution in [0.4, 0.5) is 9.18 Å². The van der Waals surface area contributed by atoms with Crippen LogP contribution in [0, 0.1) is 5.82 Å². The summed E-state index contributed by atoms with van der Waals surface area (Å²) in [5.41, 5.74) is 4.20. The number of nitrogens with one attached hydrogen (secondary N) is 1. The number of allylic oxidation sites excluding steroid dienone is 1. The third-order valence-corrected chi connectivity index (χ3v) is 6.49. The SMILES string of the molecule is CCc1ccc(-c2noc(C3=C(C)N(CC4CCCO4)C(=O)NC3c3ccc(F)cc3)n2)cc1. The average Bonchev–Trinajstić information content (AvgIpc) is 3.54. The van der Waals surface area contributed by atoms with E-state index >= 15 is 0 Å². The molecule has 0 saturated carbocycles. The highest BCUT2D eigenvalue weighted by molar-refractivity contribution is 5.87. The van der Waals surface area contributed by atoms with Gasteiger partial charge in [0.05, 0.1) is 24.3 Å². The van der Waals surface area contributed by atoms with Crippen molar-refractivity contribution in [3.05, 3.63) is 77.1 Å². The Morgan fingerprint density at radius 2 is 1.91 bits per heavy atom. The first-order chi connectivity index (χ1) is 16.5. The summed E-state index contributed by atoms with van der Waals surface area (Å²) < 4.78 is 25.1. The van der Waals surface area contributed by atoms with Crippen molar-refractivity contribution in [3.8, 4) is 11.4 Å². The van der Waals surface area contributed by atoms with Crippen LogP contribution in [-0.4, -0.2) is 40.3 Å². The van der Waals surface area contributed by atoms with Crippen molar-refractivity contribution in [1.29, 1.82) is 0 Å². The molecule has 1 N–H and O–H groups in total. The van der Waals surface area contributed by atoms with E-state index in [-0.39, 0.29) is 18.0 Å². The normalized spacial score (nSPS) is 20.7. The van der Waals surface area contributed by atoms with Gasteiger partial charge in [-0.05, 0) is 49.4 Å². The summed E-state index contributed by atoms with van der Waals surface area (Å²) in [6.45, 7) is 5.13. The van der Waals surface area contributed by atoms with Gasteiger partial charge in [0.1, 0.15) is 5.82 Å². The number of hydrogen-bond donors (Lipinski definition) is 1. The van der Waals surface area contributed by atoms with Crippen molar-refractivity contribution in [2.75, 3.05) is 13.2 Å². The minimum absolute atomic E-state index is 0.0142. The van der Waals surface area contributed by atoms with E-state index in [9.17, 15) is 9.18 Å². The summed E-state index contributed by atoms with van der Waals surface area (Å²) in [4.78, 5) is 19.4. The second-order valence-corrected chi connectivity index (χ2v) is 8.65. The van der Waals surface area contributed by atoms with Gasteiger partial charge in [0, 0.05) is 17.9 Å². The van der Waals surface area contributed by atoms with E-state index in [1.807, 2.05) is 31.2 Å². The van der Waals surface area contributed by atoms with Crippen LogP contribution in [0.1, 0.15) is 49.7 Å². The molecule has 0 spiro atoms. The van der Waals surface area contributed by atoms with Gasteiger partial charge in [-0.15, -0.1) is 0 Å². The molecular formula is C26H27FN4O3. The van der Waals surface area contributed by atoms with Crippen molar-refractivity contribution < 1.29 is 18.4 Å². The van der Waals surface area contributed by atoms with E-state index in [4.69, 9.17) is 9.26 Å². The number of amides is 2. The van der Waals surface area contributed by atoms with E-state index in [0.717, 1.165) is 30.4 Å². The lowest BCUT2D eigenvalue weighted by molar-refractivity contribution is 0.0877.